The molecule has 1 saturated heterocycles. The molecule has 4 rings (SSSR count). The molecule has 1 aromatic carbocycles. The fourth-order valence-electron chi connectivity index (χ4n) is 3.11. The Labute approximate surface area is 145 Å². The standard InChI is InChI=1S/C19H19N3O3/c1-12-5-6-20-18(21-12)17-11-22(7-8-24-17)19(23)14-3-4-16-15(10-14)9-13(2)25-16/h3-6,9-10,17H,7-8,11H2,1-2H3/t17-/m1/s1. The average Bonchev–Trinajstić information content (AvgIpc) is 3.00. The van der Waals surface area contributed by atoms with Gasteiger partial charge >= 0.3 is 0 Å². The summed E-state index contributed by atoms with van der Waals surface area (Å²) in [6, 6.07) is 9.31. The Balaban J connectivity index is 1.56. The van der Waals surface area contributed by atoms with Gasteiger partial charge in [-0.3, -0.25) is 4.79 Å². The number of ether oxygens (including phenoxy) is 1. The number of carbonyl (C=O) groups excluding carboxylic acids is 1. The fourth-order valence-corrected chi connectivity index (χ4v) is 3.11. The summed E-state index contributed by atoms with van der Waals surface area (Å²) in [5, 5.41) is 0.940. The first-order valence-corrected chi connectivity index (χ1v) is 8.31. The Morgan fingerprint density at radius 2 is 2.12 bits per heavy atom. The van der Waals surface area contributed by atoms with Crippen molar-refractivity contribution >= 4 is 16.9 Å². The smallest absolute Gasteiger partial charge is 0.254 e. The van der Waals surface area contributed by atoms with E-state index in [1.165, 1.54) is 0 Å². The Morgan fingerprint density at radius 1 is 1.24 bits per heavy atom. The van der Waals surface area contributed by atoms with Crippen molar-refractivity contribution in [1.29, 1.82) is 0 Å². The molecule has 1 atom stereocenters. The minimum absolute atomic E-state index is 0.0123. The normalized spacial score (nSPS) is 17.8. The van der Waals surface area contributed by atoms with Crippen molar-refractivity contribution in [3.05, 3.63) is 59.4 Å². The van der Waals surface area contributed by atoms with Gasteiger partial charge in [0.05, 0.1) is 13.2 Å². The third-order valence-electron chi connectivity index (χ3n) is 4.34. The van der Waals surface area contributed by atoms with E-state index >= 15 is 0 Å². The van der Waals surface area contributed by atoms with Crippen molar-refractivity contribution in [3.8, 4) is 0 Å². The molecule has 2 aromatic heterocycles. The Morgan fingerprint density at radius 3 is 2.96 bits per heavy atom. The van der Waals surface area contributed by atoms with Gasteiger partial charge in [0.15, 0.2) is 5.82 Å². The number of nitrogens with zero attached hydrogens (tertiary/aromatic N) is 3. The predicted octanol–water partition coefficient (Wildman–Crippen LogP) is 3.05. The van der Waals surface area contributed by atoms with E-state index in [0.29, 0.717) is 31.1 Å². The third-order valence-corrected chi connectivity index (χ3v) is 4.34. The van der Waals surface area contributed by atoms with E-state index in [2.05, 4.69) is 9.97 Å². The maximum Gasteiger partial charge on any atom is 0.254 e. The van der Waals surface area contributed by atoms with Crippen molar-refractivity contribution < 1.29 is 13.9 Å². The summed E-state index contributed by atoms with van der Waals surface area (Å²) in [7, 11) is 0. The number of hydrogen-bond donors (Lipinski definition) is 0. The molecule has 0 saturated carbocycles. The number of carbonyl (C=O) groups is 1. The van der Waals surface area contributed by atoms with Crippen LogP contribution in [-0.4, -0.2) is 40.5 Å². The van der Waals surface area contributed by atoms with Gasteiger partial charge in [0.2, 0.25) is 0 Å². The first kappa shape index (κ1) is 15.8. The second kappa shape index (κ2) is 6.29. The highest BCUT2D eigenvalue weighted by atomic mass is 16.5. The summed E-state index contributed by atoms with van der Waals surface area (Å²) in [4.78, 5) is 23.4. The van der Waals surface area contributed by atoms with Crippen molar-refractivity contribution in [2.24, 2.45) is 0 Å². The van der Waals surface area contributed by atoms with Gasteiger partial charge in [-0.05, 0) is 44.2 Å². The summed E-state index contributed by atoms with van der Waals surface area (Å²) in [6.07, 6.45) is 1.43. The zero-order valence-electron chi connectivity index (χ0n) is 14.2. The lowest BCUT2D eigenvalue weighted by molar-refractivity contribution is -0.0268. The number of amides is 1. The SMILES string of the molecule is Cc1ccnc([C@H]2CN(C(=O)c3ccc4oc(C)cc4c3)CCO2)n1. The van der Waals surface area contributed by atoms with Crippen LogP contribution in [0.2, 0.25) is 0 Å². The van der Waals surface area contributed by atoms with Crippen LogP contribution >= 0.6 is 0 Å². The monoisotopic (exact) mass is 337 g/mol. The molecule has 1 aliphatic heterocycles. The minimum atomic E-state index is -0.294. The topological polar surface area (TPSA) is 68.5 Å². The van der Waals surface area contributed by atoms with Gasteiger partial charge in [-0.1, -0.05) is 0 Å². The van der Waals surface area contributed by atoms with Gasteiger partial charge in [0.1, 0.15) is 17.4 Å². The van der Waals surface area contributed by atoms with Gasteiger partial charge < -0.3 is 14.1 Å². The summed E-state index contributed by atoms with van der Waals surface area (Å²) < 4.78 is 11.3. The summed E-state index contributed by atoms with van der Waals surface area (Å²) in [5.74, 6) is 1.45. The number of aryl methyl sites for hydroxylation is 2. The van der Waals surface area contributed by atoms with Crippen molar-refractivity contribution in [1.82, 2.24) is 14.9 Å². The van der Waals surface area contributed by atoms with Crippen LogP contribution in [0.5, 0.6) is 0 Å². The van der Waals surface area contributed by atoms with Gasteiger partial charge in [-0.25, -0.2) is 9.97 Å². The van der Waals surface area contributed by atoms with Crippen molar-refractivity contribution in [2.75, 3.05) is 19.7 Å². The fraction of sp³-hybridized carbons (Fsp3) is 0.316. The van der Waals surface area contributed by atoms with E-state index in [-0.39, 0.29) is 12.0 Å². The van der Waals surface area contributed by atoms with Crippen LogP contribution in [0.15, 0.2) is 40.9 Å². The van der Waals surface area contributed by atoms with Crippen LogP contribution in [0, 0.1) is 13.8 Å². The molecule has 0 bridgehead atoms. The number of hydrogen-bond acceptors (Lipinski definition) is 5. The summed E-state index contributed by atoms with van der Waals surface area (Å²) in [5.41, 5.74) is 2.33. The lowest BCUT2D eigenvalue weighted by Crippen LogP contribution is -2.42. The highest BCUT2D eigenvalue weighted by Gasteiger charge is 2.28. The summed E-state index contributed by atoms with van der Waals surface area (Å²) >= 11 is 0. The number of fused-ring (bicyclic) bond motifs is 1. The zero-order valence-corrected chi connectivity index (χ0v) is 14.2. The van der Waals surface area contributed by atoms with Crippen molar-refractivity contribution in [2.45, 2.75) is 20.0 Å². The predicted molar refractivity (Wildman–Crippen MR) is 92.3 cm³/mol. The molecule has 3 aromatic rings. The average molecular weight is 337 g/mol. The van der Waals surface area contributed by atoms with Crippen LogP contribution in [0.3, 0.4) is 0 Å². The Hall–Kier alpha value is -2.73. The second-order valence-corrected chi connectivity index (χ2v) is 6.28. The van der Waals surface area contributed by atoms with E-state index in [1.54, 1.807) is 17.2 Å². The van der Waals surface area contributed by atoms with E-state index in [4.69, 9.17) is 9.15 Å². The van der Waals surface area contributed by atoms with Gasteiger partial charge in [-0.15, -0.1) is 0 Å². The lowest BCUT2D eigenvalue weighted by Gasteiger charge is -2.32. The van der Waals surface area contributed by atoms with Crippen LogP contribution in [0.4, 0.5) is 0 Å². The molecule has 1 amide bonds. The molecule has 0 unspecified atom stereocenters. The molecule has 0 spiro atoms. The van der Waals surface area contributed by atoms with Gasteiger partial charge in [0, 0.05) is 29.4 Å². The third kappa shape index (κ3) is 3.13. The van der Waals surface area contributed by atoms with E-state index < -0.39 is 0 Å². The van der Waals surface area contributed by atoms with Crippen LogP contribution in [-0.2, 0) is 4.74 Å². The molecule has 0 N–H and O–H groups in total. The number of benzene rings is 1. The van der Waals surface area contributed by atoms with Gasteiger partial charge in [0.25, 0.3) is 5.91 Å². The van der Waals surface area contributed by atoms with Crippen LogP contribution in [0.1, 0.15) is 33.7 Å². The molecule has 6 nitrogen and oxygen atoms in total. The molecule has 1 fully saturated rings. The molecule has 6 heteroatoms. The maximum absolute atomic E-state index is 12.9. The zero-order chi connectivity index (χ0) is 17.4. The highest BCUT2D eigenvalue weighted by molar-refractivity contribution is 5.97. The lowest BCUT2D eigenvalue weighted by atomic mass is 10.1. The quantitative estimate of drug-likeness (QED) is 0.719. The number of rotatable bonds is 2. The number of morpholine rings is 1. The largest absolute Gasteiger partial charge is 0.461 e. The summed E-state index contributed by atoms with van der Waals surface area (Å²) in [6.45, 7) is 5.30. The molecule has 25 heavy (non-hydrogen) atoms. The molecule has 1 aliphatic rings. The highest BCUT2D eigenvalue weighted by Crippen LogP contribution is 2.24. The van der Waals surface area contributed by atoms with Crippen LogP contribution < -0.4 is 0 Å². The van der Waals surface area contributed by atoms with E-state index in [9.17, 15) is 4.79 Å². The molecule has 0 radical (unpaired) electrons. The maximum atomic E-state index is 12.9. The van der Waals surface area contributed by atoms with E-state index in [1.807, 2.05) is 38.1 Å². The van der Waals surface area contributed by atoms with Crippen LogP contribution in [0.25, 0.3) is 11.0 Å². The Kier molecular flexibility index (Phi) is 3.97. The van der Waals surface area contributed by atoms with Crippen molar-refractivity contribution in [3.63, 3.8) is 0 Å². The minimum Gasteiger partial charge on any atom is -0.461 e. The van der Waals surface area contributed by atoms with Gasteiger partial charge in [-0.2, -0.15) is 0 Å². The molecule has 3 heterocycles. The molecular formula is C19H19N3O3. The Bertz CT molecular complexity index is 935. The number of furan rings is 1. The second-order valence-electron chi connectivity index (χ2n) is 6.28. The molecule has 0 aliphatic carbocycles. The first-order valence-electron chi connectivity index (χ1n) is 8.31. The molecular weight excluding hydrogens is 318 g/mol. The first-order chi connectivity index (χ1) is 12.1. The van der Waals surface area contributed by atoms with E-state index in [0.717, 1.165) is 22.4 Å². The molecule has 128 valence electrons. The number of aromatic nitrogens is 2.